The SMILES string of the molecule is CCC(C)Oc1ccc(C(=O)Nc2ccc(OC)c(-c3ccc(CO)o3)c2)cc1. The maximum absolute atomic E-state index is 12.6. The van der Waals surface area contributed by atoms with Crippen LogP contribution in [0.25, 0.3) is 11.3 Å². The fraction of sp³-hybridized carbons (Fsp3) is 0.261. The third-order valence-corrected chi connectivity index (χ3v) is 4.57. The molecule has 1 unspecified atom stereocenters. The topological polar surface area (TPSA) is 80.9 Å². The number of hydrogen-bond donors (Lipinski definition) is 2. The van der Waals surface area contributed by atoms with Crippen molar-refractivity contribution < 1.29 is 23.8 Å². The Morgan fingerprint density at radius 2 is 1.90 bits per heavy atom. The summed E-state index contributed by atoms with van der Waals surface area (Å²) in [6.45, 7) is 3.88. The number of carbonyl (C=O) groups excluding carboxylic acids is 1. The van der Waals surface area contributed by atoms with Gasteiger partial charge in [0, 0.05) is 11.3 Å². The normalized spacial score (nSPS) is 11.7. The quantitative estimate of drug-likeness (QED) is 0.568. The smallest absolute Gasteiger partial charge is 0.255 e. The third-order valence-electron chi connectivity index (χ3n) is 4.57. The van der Waals surface area contributed by atoms with Crippen LogP contribution in [-0.2, 0) is 6.61 Å². The molecule has 6 nitrogen and oxygen atoms in total. The number of carbonyl (C=O) groups is 1. The number of anilines is 1. The maximum Gasteiger partial charge on any atom is 0.255 e. The van der Waals surface area contributed by atoms with Crippen LogP contribution in [0, 0.1) is 0 Å². The monoisotopic (exact) mass is 395 g/mol. The predicted molar refractivity (Wildman–Crippen MR) is 111 cm³/mol. The van der Waals surface area contributed by atoms with E-state index in [0.717, 1.165) is 12.2 Å². The standard InChI is InChI=1S/C23H25NO5/c1-4-15(2)28-18-8-5-16(6-9-18)23(26)24-17-7-11-21(27-3)20(13-17)22-12-10-19(14-25)29-22/h5-13,15,25H,4,14H2,1-3H3,(H,24,26). The summed E-state index contributed by atoms with van der Waals surface area (Å²) >= 11 is 0. The molecule has 29 heavy (non-hydrogen) atoms. The maximum atomic E-state index is 12.6. The Balaban J connectivity index is 1.77. The molecule has 0 fully saturated rings. The molecule has 2 aromatic carbocycles. The number of nitrogens with one attached hydrogen (secondary N) is 1. The summed E-state index contributed by atoms with van der Waals surface area (Å²) in [7, 11) is 1.57. The molecule has 1 amide bonds. The predicted octanol–water partition coefficient (Wildman–Crippen LogP) is 4.88. The highest BCUT2D eigenvalue weighted by atomic mass is 16.5. The van der Waals surface area contributed by atoms with E-state index in [-0.39, 0.29) is 18.6 Å². The van der Waals surface area contributed by atoms with Crippen LogP contribution < -0.4 is 14.8 Å². The lowest BCUT2D eigenvalue weighted by atomic mass is 10.1. The van der Waals surface area contributed by atoms with Crippen molar-refractivity contribution >= 4 is 11.6 Å². The summed E-state index contributed by atoms with van der Waals surface area (Å²) in [6.07, 6.45) is 1.04. The fourth-order valence-electron chi connectivity index (χ4n) is 2.79. The number of aliphatic hydroxyl groups is 1. The second-order valence-electron chi connectivity index (χ2n) is 6.65. The summed E-state index contributed by atoms with van der Waals surface area (Å²) in [5.41, 5.74) is 1.81. The minimum absolute atomic E-state index is 0.125. The van der Waals surface area contributed by atoms with Gasteiger partial charge in [0.05, 0.1) is 18.8 Å². The molecule has 0 aliphatic rings. The number of benzene rings is 2. The Kier molecular flexibility index (Phi) is 6.57. The van der Waals surface area contributed by atoms with E-state index in [4.69, 9.17) is 13.9 Å². The molecule has 0 aliphatic heterocycles. The minimum atomic E-state index is -0.230. The molecule has 152 valence electrons. The van der Waals surface area contributed by atoms with Gasteiger partial charge in [0.15, 0.2) is 0 Å². The van der Waals surface area contributed by atoms with Crippen LogP contribution in [0.5, 0.6) is 11.5 Å². The van der Waals surface area contributed by atoms with E-state index in [9.17, 15) is 9.90 Å². The number of furan rings is 1. The molecule has 0 aliphatic carbocycles. The molecule has 1 heterocycles. The molecule has 2 N–H and O–H groups in total. The lowest BCUT2D eigenvalue weighted by molar-refractivity contribution is 0.102. The minimum Gasteiger partial charge on any atom is -0.496 e. The van der Waals surface area contributed by atoms with E-state index in [1.54, 1.807) is 61.7 Å². The molecule has 1 aromatic heterocycles. The van der Waals surface area contributed by atoms with Crippen LogP contribution in [0.15, 0.2) is 59.0 Å². The first-order chi connectivity index (χ1) is 14.0. The molecule has 0 bridgehead atoms. The molecule has 0 saturated heterocycles. The zero-order chi connectivity index (χ0) is 20.8. The number of hydrogen-bond acceptors (Lipinski definition) is 5. The van der Waals surface area contributed by atoms with E-state index in [0.29, 0.717) is 34.1 Å². The average molecular weight is 395 g/mol. The second kappa shape index (κ2) is 9.30. The van der Waals surface area contributed by atoms with Gasteiger partial charge in [-0.2, -0.15) is 0 Å². The Hall–Kier alpha value is -3.25. The molecule has 6 heteroatoms. The van der Waals surface area contributed by atoms with Gasteiger partial charge >= 0.3 is 0 Å². The first kappa shape index (κ1) is 20.5. The van der Waals surface area contributed by atoms with Crippen LogP contribution in [0.3, 0.4) is 0 Å². The van der Waals surface area contributed by atoms with Crippen LogP contribution in [0.2, 0.25) is 0 Å². The largest absolute Gasteiger partial charge is 0.496 e. The number of methoxy groups -OCH3 is 1. The molecule has 0 saturated carbocycles. The Morgan fingerprint density at radius 3 is 2.52 bits per heavy atom. The van der Waals surface area contributed by atoms with Crippen LogP contribution in [-0.4, -0.2) is 24.2 Å². The average Bonchev–Trinajstić information content (AvgIpc) is 3.23. The number of amides is 1. The highest BCUT2D eigenvalue weighted by Crippen LogP contribution is 2.34. The van der Waals surface area contributed by atoms with Gasteiger partial charge in [0.2, 0.25) is 0 Å². The summed E-state index contributed by atoms with van der Waals surface area (Å²) in [4.78, 5) is 12.6. The van der Waals surface area contributed by atoms with E-state index in [1.807, 2.05) is 6.92 Å². The molecular formula is C23H25NO5. The van der Waals surface area contributed by atoms with E-state index >= 15 is 0 Å². The van der Waals surface area contributed by atoms with Crippen molar-refractivity contribution in [3.63, 3.8) is 0 Å². The first-order valence-corrected chi connectivity index (χ1v) is 9.50. The van der Waals surface area contributed by atoms with Crippen LogP contribution >= 0.6 is 0 Å². The van der Waals surface area contributed by atoms with Crippen molar-refractivity contribution in [3.05, 3.63) is 65.9 Å². The second-order valence-corrected chi connectivity index (χ2v) is 6.65. The van der Waals surface area contributed by atoms with Crippen molar-refractivity contribution in [2.75, 3.05) is 12.4 Å². The van der Waals surface area contributed by atoms with Crippen molar-refractivity contribution in [2.45, 2.75) is 33.0 Å². The third kappa shape index (κ3) is 4.97. The van der Waals surface area contributed by atoms with Gasteiger partial charge in [-0.25, -0.2) is 0 Å². The fourth-order valence-corrected chi connectivity index (χ4v) is 2.79. The van der Waals surface area contributed by atoms with Crippen LogP contribution in [0.1, 0.15) is 36.4 Å². The molecule has 0 radical (unpaired) electrons. The zero-order valence-corrected chi connectivity index (χ0v) is 16.8. The lowest BCUT2D eigenvalue weighted by Gasteiger charge is -2.13. The van der Waals surface area contributed by atoms with Crippen molar-refractivity contribution in [1.82, 2.24) is 0 Å². The number of ether oxygens (including phenoxy) is 2. The zero-order valence-electron chi connectivity index (χ0n) is 16.8. The summed E-state index contributed by atoms with van der Waals surface area (Å²) < 4.78 is 16.7. The Bertz CT molecular complexity index is 962. The molecule has 1 atom stereocenters. The number of aliphatic hydroxyl groups excluding tert-OH is 1. The van der Waals surface area contributed by atoms with Crippen LogP contribution in [0.4, 0.5) is 5.69 Å². The number of rotatable bonds is 8. The van der Waals surface area contributed by atoms with E-state index in [1.165, 1.54) is 0 Å². The Labute approximate surface area is 170 Å². The molecule has 3 aromatic rings. The van der Waals surface area contributed by atoms with Gasteiger partial charge in [0.25, 0.3) is 5.91 Å². The van der Waals surface area contributed by atoms with E-state index in [2.05, 4.69) is 12.2 Å². The van der Waals surface area contributed by atoms with Gasteiger partial charge in [-0.05, 0) is 67.9 Å². The van der Waals surface area contributed by atoms with Crippen molar-refractivity contribution in [3.8, 4) is 22.8 Å². The highest BCUT2D eigenvalue weighted by molar-refractivity contribution is 6.04. The van der Waals surface area contributed by atoms with Crippen molar-refractivity contribution in [1.29, 1.82) is 0 Å². The van der Waals surface area contributed by atoms with Gasteiger partial charge in [-0.3, -0.25) is 4.79 Å². The molecular weight excluding hydrogens is 370 g/mol. The van der Waals surface area contributed by atoms with Gasteiger partial charge in [-0.1, -0.05) is 6.92 Å². The lowest BCUT2D eigenvalue weighted by Crippen LogP contribution is -2.13. The highest BCUT2D eigenvalue weighted by Gasteiger charge is 2.13. The summed E-state index contributed by atoms with van der Waals surface area (Å²) in [5, 5.41) is 12.1. The Morgan fingerprint density at radius 1 is 1.14 bits per heavy atom. The first-order valence-electron chi connectivity index (χ1n) is 9.50. The summed E-state index contributed by atoms with van der Waals surface area (Å²) in [5.74, 6) is 2.12. The molecule has 3 rings (SSSR count). The molecule has 0 spiro atoms. The van der Waals surface area contributed by atoms with Crippen molar-refractivity contribution in [2.24, 2.45) is 0 Å². The van der Waals surface area contributed by atoms with Gasteiger partial charge < -0.3 is 24.3 Å². The van der Waals surface area contributed by atoms with E-state index < -0.39 is 0 Å². The van der Waals surface area contributed by atoms with Gasteiger partial charge in [-0.15, -0.1) is 0 Å². The summed E-state index contributed by atoms with van der Waals surface area (Å²) in [6, 6.07) is 15.8. The van der Waals surface area contributed by atoms with Gasteiger partial charge in [0.1, 0.15) is 29.6 Å².